The zero-order valence-corrected chi connectivity index (χ0v) is 12.9. The first-order chi connectivity index (χ1) is 9.43. The summed E-state index contributed by atoms with van der Waals surface area (Å²) in [4.78, 5) is 0. The van der Waals surface area contributed by atoms with Crippen LogP contribution in [0.3, 0.4) is 0 Å². The molecule has 2 aromatic rings. The Balaban J connectivity index is 2.71. The van der Waals surface area contributed by atoms with Gasteiger partial charge in [-0.25, -0.2) is 0 Å². The van der Waals surface area contributed by atoms with Gasteiger partial charge in [-0.15, -0.1) is 0 Å². The molecule has 0 bridgehead atoms. The molecule has 5 heteroatoms. The van der Waals surface area contributed by atoms with E-state index in [1.54, 1.807) is 30.3 Å². The Bertz CT molecular complexity index is 681. The van der Waals surface area contributed by atoms with Crippen molar-refractivity contribution in [2.45, 2.75) is 0 Å². The molecule has 104 valence electrons. The lowest BCUT2D eigenvalue weighted by atomic mass is 10.0. The lowest BCUT2D eigenvalue weighted by Gasteiger charge is -2.13. The van der Waals surface area contributed by atoms with Gasteiger partial charge in [-0.1, -0.05) is 41.4 Å². The second kappa shape index (κ2) is 5.96. The first-order valence-corrected chi connectivity index (χ1v) is 6.78. The van der Waals surface area contributed by atoms with Crippen molar-refractivity contribution >= 4 is 40.6 Å². The largest absolute Gasteiger partial charge is 0.508 e. The minimum absolute atomic E-state index is 0.113. The highest BCUT2D eigenvalue weighted by Crippen LogP contribution is 2.39. The van der Waals surface area contributed by atoms with Crippen LogP contribution in [-0.4, -0.2) is 12.2 Å². The number of halogens is 3. The average molecular weight is 330 g/mol. The zero-order valence-electron chi connectivity index (χ0n) is 10.6. The second-order valence-electron chi connectivity index (χ2n) is 4.10. The van der Waals surface area contributed by atoms with E-state index >= 15 is 0 Å². The maximum Gasteiger partial charge on any atom is 0.131 e. The summed E-state index contributed by atoms with van der Waals surface area (Å²) in [5.41, 5.74) is 1.77. The third-order valence-corrected chi connectivity index (χ3v) is 3.70. The van der Waals surface area contributed by atoms with Crippen LogP contribution in [-0.2, 0) is 0 Å². The second-order valence-corrected chi connectivity index (χ2v) is 5.35. The van der Waals surface area contributed by atoms with Gasteiger partial charge in [0.1, 0.15) is 11.5 Å². The summed E-state index contributed by atoms with van der Waals surface area (Å²) in [6, 6.07) is 8.36. The standard InChI is InChI=1S/C15H11Cl3O2/c1-8(19)10-6-12(14(18)7-15(10)20-2)11-5-9(16)3-4-13(11)17/h3-7,19H,1H2,2H3. The van der Waals surface area contributed by atoms with Crippen LogP contribution < -0.4 is 4.74 Å². The summed E-state index contributed by atoms with van der Waals surface area (Å²) in [6.07, 6.45) is 0. The normalized spacial score (nSPS) is 10.4. The number of hydrogen-bond acceptors (Lipinski definition) is 2. The number of rotatable bonds is 3. The summed E-state index contributed by atoms with van der Waals surface area (Å²) in [7, 11) is 1.49. The molecular weight excluding hydrogens is 319 g/mol. The molecule has 20 heavy (non-hydrogen) atoms. The van der Waals surface area contributed by atoms with Gasteiger partial charge in [0.15, 0.2) is 0 Å². The molecule has 0 saturated carbocycles. The molecule has 2 rings (SSSR count). The summed E-state index contributed by atoms with van der Waals surface area (Å²) in [5.74, 6) is 0.322. The Morgan fingerprint density at radius 3 is 2.30 bits per heavy atom. The lowest BCUT2D eigenvalue weighted by molar-refractivity contribution is 0.408. The van der Waals surface area contributed by atoms with Crippen molar-refractivity contribution < 1.29 is 9.84 Å². The Labute approximate surface area is 132 Å². The first kappa shape index (κ1) is 15.0. The van der Waals surface area contributed by atoms with Crippen molar-refractivity contribution in [3.8, 4) is 16.9 Å². The maximum absolute atomic E-state index is 9.65. The number of hydrogen-bond donors (Lipinski definition) is 1. The topological polar surface area (TPSA) is 29.5 Å². The molecule has 0 atom stereocenters. The van der Waals surface area contributed by atoms with Gasteiger partial charge in [0, 0.05) is 27.2 Å². The van der Waals surface area contributed by atoms with Crippen LogP contribution in [0, 0.1) is 0 Å². The van der Waals surface area contributed by atoms with Gasteiger partial charge in [0.25, 0.3) is 0 Å². The fourth-order valence-corrected chi connectivity index (χ4v) is 2.51. The van der Waals surface area contributed by atoms with Crippen molar-refractivity contribution in [2.24, 2.45) is 0 Å². The Kier molecular flexibility index (Phi) is 4.48. The molecule has 0 amide bonds. The minimum atomic E-state index is -0.113. The molecule has 0 heterocycles. The van der Waals surface area contributed by atoms with Crippen LogP contribution in [0.25, 0.3) is 16.9 Å². The number of aliphatic hydroxyl groups is 1. The number of methoxy groups -OCH3 is 1. The van der Waals surface area contributed by atoms with Gasteiger partial charge >= 0.3 is 0 Å². The Hall–Kier alpha value is -1.35. The molecule has 0 aromatic heterocycles. The van der Waals surface area contributed by atoms with E-state index in [0.717, 1.165) is 0 Å². The number of ether oxygens (including phenoxy) is 1. The van der Waals surface area contributed by atoms with E-state index in [1.165, 1.54) is 7.11 Å². The molecule has 0 unspecified atom stereocenters. The van der Waals surface area contributed by atoms with E-state index < -0.39 is 0 Å². The third-order valence-electron chi connectivity index (χ3n) is 2.82. The fourth-order valence-electron chi connectivity index (χ4n) is 1.86. The van der Waals surface area contributed by atoms with E-state index in [1.807, 2.05) is 0 Å². The molecule has 2 aromatic carbocycles. The monoisotopic (exact) mass is 328 g/mol. The third kappa shape index (κ3) is 2.88. The van der Waals surface area contributed by atoms with E-state index in [0.29, 0.717) is 37.5 Å². The van der Waals surface area contributed by atoms with Gasteiger partial charge in [0.05, 0.1) is 17.7 Å². The molecule has 0 aliphatic rings. The average Bonchev–Trinajstić information content (AvgIpc) is 2.41. The highest BCUT2D eigenvalue weighted by atomic mass is 35.5. The van der Waals surface area contributed by atoms with E-state index in [9.17, 15) is 5.11 Å². The predicted molar refractivity (Wildman–Crippen MR) is 85.1 cm³/mol. The Morgan fingerprint density at radius 1 is 1.05 bits per heavy atom. The van der Waals surface area contributed by atoms with Crippen molar-refractivity contribution in [3.63, 3.8) is 0 Å². The van der Waals surface area contributed by atoms with Crippen molar-refractivity contribution in [3.05, 3.63) is 57.5 Å². The van der Waals surface area contributed by atoms with Crippen molar-refractivity contribution in [1.82, 2.24) is 0 Å². The maximum atomic E-state index is 9.65. The quantitative estimate of drug-likeness (QED) is 0.716. The molecular formula is C15H11Cl3O2. The van der Waals surface area contributed by atoms with Crippen molar-refractivity contribution in [2.75, 3.05) is 7.11 Å². The summed E-state index contributed by atoms with van der Waals surface area (Å²) in [6.45, 7) is 3.51. The molecule has 0 aliphatic carbocycles. The van der Waals surface area contributed by atoms with E-state index in [-0.39, 0.29) is 5.76 Å². The summed E-state index contributed by atoms with van der Waals surface area (Å²) >= 11 is 18.4. The van der Waals surface area contributed by atoms with Gasteiger partial charge in [-0.3, -0.25) is 0 Å². The number of benzene rings is 2. The minimum Gasteiger partial charge on any atom is -0.508 e. The van der Waals surface area contributed by atoms with Crippen LogP contribution in [0.1, 0.15) is 5.56 Å². The molecule has 2 nitrogen and oxygen atoms in total. The number of aliphatic hydroxyl groups excluding tert-OH is 1. The molecule has 0 fully saturated rings. The fraction of sp³-hybridized carbons (Fsp3) is 0.0667. The van der Waals surface area contributed by atoms with Crippen molar-refractivity contribution in [1.29, 1.82) is 0 Å². The van der Waals surface area contributed by atoms with Gasteiger partial charge in [-0.2, -0.15) is 0 Å². The zero-order chi connectivity index (χ0) is 14.9. The molecule has 0 spiro atoms. The Morgan fingerprint density at radius 2 is 1.70 bits per heavy atom. The van der Waals surface area contributed by atoms with Crippen LogP contribution in [0.2, 0.25) is 15.1 Å². The van der Waals surface area contributed by atoms with Crippen LogP contribution in [0.4, 0.5) is 0 Å². The van der Waals surface area contributed by atoms with Gasteiger partial charge in [-0.05, 0) is 24.3 Å². The van der Waals surface area contributed by atoms with Crippen LogP contribution >= 0.6 is 34.8 Å². The van der Waals surface area contributed by atoms with Gasteiger partial charge in [0.2, 0.25) is 0 Å². The highest BCUT2D eigenvalue weighted by Gasteiger charge is 2.15. The first-order valence-electron chi connectivity index (χ1n) is 5.65. The van der Waals surface area contributed by atoms with Gasteiger partial charge < -0.3 is 9.84 Å². The van der Waals surface area contributed by atoms with E-state index in [2.05, 4.69) is 6.58 Å². The highest BCUT2D eigenvalue weighted by molar-refractivity contribution is 6.37. The molecule has 0 saturated heterocycles. The molecule has 0 radical (unpaired) electrons. The van der Waals surface area contributed by atoms with Crippen LogP contribution in [0.5, 0.6) is 5.75 Å². The predicted octanol–water partition coefficient (Wildman–Crippen LogP) is 5.85. The smallest absolute Gasteiger partial charge is 0.131 e. The SMILES string of the molecule is C=C(O)c1cc(-c2cc(Cl)ccc2Cl)c(Cl)cc1OC. The molecule has 1 N–H and O–H groups in total. The summed E-state index contributed by atoms with van der Waals surface area (Å²) < 4.78 is 5.17. The lowest BCUT2D eigenvalue weighted by Crippen LogP contribution is -1.93. The van der Waals surface area contributed by atoms with E-state index in [4.69, 9.17) is 39.5 Å². The summed E-state index contributed by atoms with van der Waals surface area (Å²) in [5, 5.41) is 11.1. The molecule has 0 aliphatic heterocycles. The van der Waals surface area contributed by atoms with Crippen LogP contribution in [0.15, 0.2) is 36.9 Å².